The van der Waals surface area contributed by atoms with Crippen molar-refractivity contribution in [2.45, 2.75) is 4.90 Å². The van der Waals surface area contributed by atoms with Crippen LogP contribution in [-0.2, 0) is 0 Å². The zero-order chi connectivity index (χ0) is 13.1. The lowest BCUT2D eigenvalue weighted by Gasteiger charge is -2.05. The number of hydrogen-bond acceptors (Lipinski definition) is 4. The highest BCUT2D eigenvalue weighted by molar-refractivity contribution is 9.10. The van der Waals surface area contributed by atoms with Crippen LogP contribution in [0.1, 0.15) is 0 Å². The third-order valence-electron chi connectivity index (χ3n) is 1.92. The summed E-state index contributed by atoms with van der Waals surface area (Å²) in [6, 6.07) is 3.34. The monoisotopic (exact) mass is 365 g/mol. The van der Waals surface area contributed by atoms with E-state index >= 15 is 0 Å². The number of rotatable bonds is 3. The van der Waals surface area contributed by atoms with Crippen LogP contribution in [0.4, 0.5) is 5.69 Å². The highest BCUT2D eigenvalue weighted by atomic mass is 79.9. The first-order valence-corrected chi connectivity index (χ1v) is 7.05. The normalized spacial score (nSPS) is 10.4. The summed E-state index contributed by atoms with van der Waals surface area (Å²) in [5, 5.41) is 0.841. The molecule has 8 heteroatoms. The van der Waals surface area contributed by atoms with Gasteiger partial charge in [-0.05, 0) is 40.0 Å². The number of halogens is 3. The van der Waals surface area contributed by atoms with Crippen molar-refractivity contribution >= 4 is 56.8 Å². The van der Waals surface area contributed by atoms with Crippen LogP contribution in [0.25, 0.3) is 0 Å². The van der Waals surface area contributed by atoms with Crippen LogP contribution in [0, 0.1) is 0 Å². The predicted molar refractivity (Wildman–Crippen MR) is 78.5 cm³/mol. The Hall–Kier alpha value is -0.690. The number of nitrogens with zero attached hydrogens (tertiary/aromatic N) is 1. The first kappa shape index (κ1) is 13.7. The van der Waals surface area contributed by atoms with E-state index in [9.17, 15) is 4.79 Å². The fraction of sp³-hybridized carbons (Fsp3) is 0. The van der Waals surface area contributed by atoms with Crippen molar-refractivity contribution in [2.75, 3.05) is 4.72 Å². The topological polar surface area (TPSA) is 57.8 Å². The molecule has 0 aliphatic heterocycles. The van der Waals surface area contributed by atoms with E-state index in [0.717, 1.165) is 4.90 Å². The van der Waals surface area contributed by atoms with Crippen molar-refractivity contribution < 1.29 is 0 Å². The van der Waals surface area contributed by atoms with Gasteiger partial charge in [-0.3, -0.25) is 4.79 Å². The van der Waals surface area contributed by atoms with E-state index < -0.39 is 0 Å². The first-order chi connectivity index (χ1) is 8.56. The van der Waals surface area contributed by atoms with Gasteiger partial charge in [0.1, 0.15) is 10.8 Å². The van der Waals surface area contributed by atoms with E-state index in [4.69, 9.17) is 23.2 Å². The number of aromatic amines is 1. The molecule has 0 unspecified atom stereocenters. The van der Waals surface area contributed by atoms with Gasteiger partial charge in [0.2, 0.25) is 0 Å². The molecule has 0 bridgehead atoms. The Balaban J connectivity index is 2.13. The third-order valence-corrected chi connectivity index (χ3v) is 4.05. The van der Waals surface area contributed by atoms with Gasteiger partial charge in [0, 0.05) is 17.3 Å². The molecule has 0 radical (unpaired) electrons. The van der Waals surface area contributed by atoms with E-state index in [1.165, 1.54) is 18.1 Å². The quantitative estimate of drug-likeness (QED) is 0.637. The molecule has 2 aromatic heterocycles. The Kier molecular flexibility index (Phi) is 4.55. The summed E-state index contributed by atoms with van der Waals surface area (Å²) in [6.07, 6.45) is 3.03. The van der Waals surface area contributed by atoms with Crippen molar-refractivity contribution in [1.29, 1.82) is 0 Å². The Labute approximate surface area is 125 Å². The second-order valence-corrected chi connectivity index (χ2v) is 5.74. The second kappa shape index (κ2) is 5.97. The number of aromatic nitrogens is 2. The summed E-state index contributed by atoms with van der Waals surface area (Å²) in [4.78, 5) is 18.8. The minimum Gasteiger partial charge on any atom is -0.326 e. The molecule has 18 heavy (non-hydrogen) atoms. The molecule has 0 saturated carbocycles. The number of nitrogens with one attached hydrogen (secondary N) is 2. The second-order valence-electron chi connectivity index (χ2n) is 3.21. The minimum absolute atomic E-state index is 0.243. The van der Waals surface area contributed by atoms with E-state index in [1.54, 1.807) is 18.3 Å². The first-order valence-electron chi connectivity index (χ1n) is 4.68. The lowest BCUT2D eigenvalue weighted by Crippen LogP contribution is -2.09. The molecule has 0 aliphatic carbocycles. The fourth-order valence-corrected chi connectivity index (χ4v) is 2.54. The van der Waals surface area contributed by atoms with E-state index in [1.807, 2.05) is 0 Å². The van der Waals surface area contributed by atoms with Gasteiger partial charge >= 0.3 is 0 Å². The van der Waals surface area contributed by atoms with Crippen LogP contribution in [0.3, 0.4) is 0 Å². The zero-order valence-electron chi connectivity index (χ0n) is 8.71. The molecule has 94 valence electrons. The maximum absolute atomic E-state index is 11.5. The maximum Gasteiger partial charge on any atom is 0.272 e. The Morgan fingerprint density at radius 2 is 2.17 bits per heavy atom. The van der Waals surface area contributed by atoms with E-state index in [0.29, 0.717) is 20.3 Å². The van der Waals surface area contributed by atoms with Crippen LogP contribution in [0.15, 0.2) is 38.7 Å². The number of hydrogen-bond donors (Lipinski definition) is 2. The fourth-order valence-electron chi connectivity index (χ4n) is 1.11. The molecule has 0 amide bonds. The molecule has 2 rings (SSSR count). The lowest BCUT2D eigenvalue weighted by molar-refractivity contribution is 1.22. The van der Waals surface area contributed by atoms with Crippen LogP contribution in [0.2, 0.25) is 10.2 Å². The highest BCUT2D eigenvalue weighted by Gasteiger charge is 2.04. The van der Waals surface area contributed by atoms with Gasteiger partial charge in [0.25, 0.3) is 5.56 Å². The van der Waals surface area contributed by atoms with Gasteiger partial charge in [-0.1, -0.05) is 23.2 Å². The van der Waals surface area contributed by atoms with E-state index in [-0.39, 0.29) is 5.56 Å². The maximum atomic E-state index is 11.5. The summed E-state index contributed by atoms with van der Waals surface area (Å²) in [5.74, 6) is 0. The van der Waals surface area contributed by atoms with Gasteiger partial charge in [-0.15, -0.1) is 0 Å². The van der Waals surface area contributed by atoms with Crippen LogP contribution >= 0.6 is 51.1 Å². The summed E-state index contributed by atoms with van der Waals surface area (Å²) < 4.78 is 3.59. The van der Waals surface area contributed by atoms with Crippen molar-refractivity contribution in [2.24, 2.45) is 0 Å². The van der Waals surface area contributed by atoms with Crippen LogP contribution < -0.4 is 10.3 Å². The summed E-state index contributed by atoms with van der Waals surface area (Å²) >= 11 is 16.1. The molecule has 0 atom stereocenters. The SMILES string of the molecule is O=c1[nH]cc(Cl)cc1NSc1cnc(Cl)c(Br)c1. The number of H-pyrrole nitrogens is 1. The molecule has 2 N–H and O–H groups in total. The van der Waals surface area contributed by atoms with Gasteiger partial charge < -0.3 is 9.71 Å². The summed E-state index contributed by atoms with van der Waals surface area (Å²) in [6.45, 7) is 0. The number of anilines is 1. The van der Waals surface area contributed by atoms with Crippen LogP contribution in [0.5, 0.6) is 0 Å². The zero-order valence-corrected chi connectivity index (χ0v) is 12.6. The molecule has 0 aliphatic rings. The molecule has 4 nitrogen and oxygen atoms in total. The van der Waals surface area contributed by atoms with Gasteiger partial charge in [-0.2, -0.15) is 0 Å². The molecule has 0 aromatic carbocycles. The van der Waals surface area contributed by atoms with Gasteiger partial charge in [0.15, 0.2) is 0 Å². The predicted octanol–water partition coefficient (Wildman–Crippen LogP) is 3.96. The average molecular weight is 367 g/mol. The van der Waals surface area contributed by atoms with Crippen LogP contribution in [-0.4, -0.2) is 9.97 Å². The van der Waals surface area contributed by atoms with Crippen molar-refractivity contribution in [3.05, 3.63) is 49.5 Å². The molecule has 0 spiro atoms. The number of pyridine rings is 2. The largest absolute Gasteiger partial charge is 0.326 e. The Bertz CT molecular complexity index is 635. The standard InChI is InChI=1S/C10H6BrCl2N3OS/c11-7-2-6(4-14-9(7)13)18-16-8-1-5(12)3-15-10(8)17/h1-4,16H,(H,15,17). The van der Waals surface area contributed by atoms with E-state index in [2.05, 4.69) is 30.6 Å². The molecule has 2 aromatic rings. The summed E-state index contributed by atoms with van der Waals surface area (Å²) in [7, 11) is 0. The van der Waals surface area contributed by atoms with Crippen molar-refractivity contribution in [1.82, 2.24) is 9.97 Å². The minimum atomic E-state index is -0.243. The smallest absolute Gasteiger partial charge is 0.272 e. The molecular formula is C10H6BrCl2N3OS. The third kappa shape index (κ3) is 3.41. The molecule has 0 saturated heterocycles. The Morgan fingerprint density at radius 3 is 2.89 bits per heavy atom. The molecule has 2 heterocycles. The average Bonchev–Trinajstić information content (AvgIpc) is 2.34. The lowest BCUT2D eigenvalue weighted by atomic mass is 10.4. The molecule has 0 fully saturated rings. The van der Waals surface area contributed by atoms with Crippen molar-refractivity contribution in [3.63, 3.8) is 0 Å². The Morgan fingerprint density at radius 1 is 1.39 bits per heavy atom. The van der Waals surface area contributed by atoms with Gasteiger partial charge in [-0.25, -0.2) is 4.98 Å². The highest BCUT2D eigenvalue weighted by Crippen LogP contribution is 2.26. The molecular weight excluding hydrogens is 361 g/mol. The van der Waals surface area contributed by atoms with Crippen molar-refractivity contribution in [3.8, 4) is 0 Å². The summed E-state index contributed by atoms with van der Waals surface area (Å²) in [5.41, 5.74) is 0.131. The van der Waals surface area contributed by atoms with Gasteiger partial charge in [0.05, 0.1) is 9.50 Å².